The van der Waals surface area contributed by atoms with Gasteiger partial charge in [0.2, 0.25) is 0 Å². The van der Waals surface area contributed by atoms with Gasteiger partial charge in [0.1, 0.15) is 19.0 Å². The Balaban J connectivity index is 1.44. The first kappa shape index (κ1) is 19.0. The molecule has 0 aliphatic carbocycles. The summed E-state index contributed by atoms with van der Waals surface area (Å²) in [5.41, 5.74) is 1.12. The molecule has 0 saturated heterocycles. The Labute approximate surface area is 161 Å². The molecule has 0 N–H and O–H groups in total. The Morgan fingerprint density at radius 1 is 1.22 bits per heavy atom. The molecule has 0 unspecified atom stereocenters. The van der Waals surface area contributed by atoms with E-state index < -0.39 is 0 Å². The van der Waals surface area contributed by atoms with E-state index >= 15 is 0 Å². The van der Waals surface area contributed by atoms with Crippen LogP contribution in [0.2, 0.25) is 0 Å². The standard InChI is InChI=1S/C19H21N3O4S/c1-3-22-18(16-8-5-9-25-16)20-21-19(22)27-13-17(23)26-11-10-24-15-7-4-6-14(2)12-15/h4-9,12H,3,10-11,13H2,1-2H3. The lowest BCUT2D eigenvalue weighted by molar-refractivity contribution is -0.141. The van der Waals surface area contributed by atoms with E-state index in [-0.39, 0.29) is 18.3 Å². The minimum absolute atomic E-state index is 0.154. The van der Waals surface area contributed by atoms with Crippen LogP contribution in [0.5, 0.6) is 5.75 Å². The number of benzene rings is 1. The van der Waals surface area contributed by atoms with Gasteiger partial charge in [-0.3, -0.25) is 9.36 Å². The molecule has 0 fully saturated rings. The highest BCUT2D eigenvalue weighted by atomic mass is 32.2. The molecule has 27 heavy (non-hydrogen) atoms. The van der Waals surface area contributed by atoms with Crippen LogP contribution < -0.4 is 4.74 Å². The number of esters is 1. The number of aromatic nitrogens is 3. The van der Waals surface area contributed by atoms with E-state index in [1.165, 1.54) is 11.8 Å². The summed E-state index contributed by atoms with van der Waals surface area (Å²) in [6.45, 7) is 5.17. The number of furan rings is 1. The first-order valence-electron chi connectivity index (χ1n) is 8.62. The fourth-order valence-electron chi connectivity index (χ4n) is 2.45. The van der Waals surface area contributed by atoms with Crippen molar-refractivity contribution >= 4 is 17.7 Å². The van der Waals surface area contributed by atoms with Crippen LogP contribution in [-0.4, -0.2) is 39.7 Å². The monoisotopic (exact) mass is 387 g/mol. The minimum Gasteiger partial charge on any atom is -0.490 e. The number of carbonyl (C=O) groups is 1. The minimum atomic E-state index is -0.321. The first-order valence-corrected chi connectivity index (χ1v) is 9.61. The molecule has 2 heterocycles. The Hall–Kier alpha value is -2.74. The molecule has 8 heteroatoms. The van der Waals surface area contributed by atoms with Crippen LogP contribution in [0.3, 0.4) is 0 Å². The summed E-state index contributed by atoms with van der Waals surface area (Å²) in [5.74, 6) is 1.89. The van der Waals surface area contributed by atoms with Gasteiger partial charge in [-0.25, -0.2) is 0 Å². The highest BCUT2D eigenvalue weighted by Crippen LogP contribution is 2.24. The molecule has 0 atom stereocenters. The highest BCUT2D eigenvalue weighted by molar-refractivity contribution is 7.99. The van der Waals surface area contributed by atoms with Crippen LogP contribution in [0.4, 0.5) is 0 Å². The maximum Gasteiger partial charge on any atom is 0.316 e. The number of ether oxygens (including phenoxy) is 2. The molecule has 142 valence electrons. The average molecular weight is 387 g/mol. The highest BCUT2D eigenvalue weighted by Gasteiger charge is 2.16. The molecule has 0 amide bonds. The molecule has 3 rings (SSSR count). The number of hydrogen-bond donors (Lipinski definition) is 0. The van der Waals surface area contributed by atoms with Crippen LogP contribution in [0.1, 0.15) is 12.5 Å². The fraction of sp³-hybridized carbons (Fsp3) is 0.316. The lowest BCUT2D eigenvalue weighted by atomic mass is 10.2. The third kappa shape index (κ3) is 5.13. The maximum atomic E-state index is 11.9. The van der Waals surface area contributed by atoms with Gasteiger partial charge in [-0.15, -0.1) is 10.2 Å². The lowest BCUT2D eigenvalue weighted by Crippen LogP contribution is -2.14. The van der Waals surface area contributed by atoms with Gasteiger partial charge in [-0.1, -0.05) is 23.9 Å². The predicted octanol–water partition coefficient (Wildman–Crippen LogP) is 3.58. The van der Waals surface area contributed by atoms with E-state index in [1.807, 2.05) is 48.7 Å². The number of carbonyl (C=O) groups excluding carboxylic acids is 1. The molecular weight excluding hydrogens is 366 g/mol. The molecule has 0 radical (unpaired) electrons. The molecular formula is C19H21N3O4S. The second kappa shape index (κ2) is 9.27. The van der Waals surface area contributed by atoms with Crippen molar-refractivity contribution in [1.29, 1.82) is 0 Å². The Morgan fingerprint density at radius 2 is 2.11 bits per heavy atom. The molecule has 1 aromatic carbocycles. The van der Waals surface area contributed by atoms with E-state index in [0.717, 1.165) is 11.3 Å². The molecule has 0 bridgehead atoms. The van der Waals surface area contributed by atoms with Crippen molar-refractivity contribution in [1.82, 2.24) is 14.8 Å². The number of nitrogens with zero attached hydrogens (tertiary/aromatic N) is 3. The maximum absolute atomic E-state index is 11.9. The smallest absolute Gasteiger partial charge is 0.316 e. The van der Waals surface area contributed by atoms with Gasteiger partial charge in [0.15, 0.2) is 16.7 Å². The normalized spacial score (nSPS) is 10.7. The second-order valence-corrected chi connectivity index (χ2v) is 6.64. The molecule has 2 aromatic heterocycles. The number of aryl methyl sites for hydroxylation is 1. The molecule has 0 aliphatic rings. The van der Waals surface area contributed by atoms with Crippen LogP contribution in [0.25, 0.3) is 11.6 Å². The van der Waals surface area contributed by atoms with Gasteiger partial charge in [0, 0.05) is 6.54 Å². The van der Waals surface area contributed by atoms with Crippen molar-refractivity contribution in [3.05, 3.63) is 48.2 Å². The Morgan fingerprint density at radius 3 is 2.85 bits per heavy atom. The second-order valence-electron chi connectivity index (χ2n) is 5.70. The number of thioether (sulfide) groups is 1. The summed E-state index contributed by atoms with van der Waals surface area (Å²) >= 11 is 1.29. The van der Waals surface area contributed by atoms with Gasteiger partial charge in [0.05, 0.1) is 12.0 Å². The van der Waals surface area contributed by atoms with Crippen molar-refractivity contribution in [2.24, 2.45) is 0 Å². The van der Waals surface area contributed by atoms with Gasteiger partial charge >= 0.3 is 5.97 Å². The predicted molar refractivity (Wildman–Crippen MR) is 102 cm³/mol. The summed E-state index contributed by atoms with van der Waals surface area (Å²) in [7, 11) is 0. The molecule has 3 aromatic rings. The summed E-state index contributed by atoms with van der Waals surface area (Å²) in [5, 5.41) is 8.94. The quantitative estimate of drug-likeness (QED) is 0.315. The van der Waals surface area contributed by atoms with Gasteiger partial charge < -0.3 is 13.9 Å². The van der Waals surface area contributed by atoms with E-state index in [4.69, 9.17) is 13.9 Å². The molecule has 0 saturated carbocycles. The van der Waals surface area contributed by atoms with Crippen molar-refractivity contribution < 1.29 is 18.7 Å². The molecule has 0 spiro atoms. The van der Waals surface area contributed by atoms with Crippen LogP contribution in [0.15, 0.2) is 52.2 Å². The van der Waals surface area contributed by atoms with Crippen LogP contribution in [-0.2, 0) is 16.1 Å². The van der Waals surface area contributed by atoms with Crippen molar-refractivity contribution in [2.45, 2.75) is 25.5 Å². The average Bonchev–Trinajstić information content (AvgIpc) is 3.32. The van der Waals surface area contributed by atoms with Gasteiger partial charge in [-0.05, 0) is 43.7 Å². The summed E-state index contributed by atoms with van der Waals surface area (Å²) in [4.78, 5) is 11.9. The SMILES string of the molecule is CCn1c(SCC(=O)OCCOc2cccc(C)c2)nnc1-c1ccco1. The van der Waals surface area contributed by atoms with Crippen molar-refractivity contribution in [3.63, 3.8) is 0 Å². The van der Waals surface area contributed by atoms with Gasteiger partial charge in [-0.2, -0.15) is 0 Å². The lowest BCUT2D eigenvalue weighted by Gasteiger charge is -2.08. The Bertz CT molecular complexity index is 877. The van der Waals surface area contributed by atoms with E-state index in [2.05, 4.69) is 10.2 Å². The summed E-state index contributed by atoms with van der Waals surface area (Å²) in [6, 6.07) is 11.4. The summed E-state index contributed by atoms with van der Waals surface area (Å²) < 4.78 is 18.0. The van der Waals surface area contributed by atoms with E-state index in [0.29, 0.717) is 29.9 Å². The van der Waals surface area contributed by atoms with Crippen LogP contribution >= 0.6 is 11.8 Å². The molecule has 7 nitrogen and oxygen atoms in total. The van der Waals surface area contributed by atoms with Crippen molar-refractivity contribution in [3.8, 4) is 17.3 Å². The zero-order valence-corrected chi connectivity index (χ0v) is 16.1. The zero-order valence-electron chi connectivity index (χ0n) is 15.3. The summed E-state index contributed by atoms with van der Waals surface area (Å²) in [6.07, 6.45) is 1.59. The topological polar surface area (TPSA) is 79.4 Å². The third-order valence-corrected chi connectivity index (χ3v) is 4.64. The van der Waals surface area contributed by atoms with E-state index in [1.54, 1.807) is 12.3 Å². The largest absolute Gasteiger partial charge is 0.490 e. The zero-order chi connectivity index (χ0) is 19.1. The van der Waals surface area contributed by atoms with Crippen LogP contribution in [0, 0.1) is 6.92 Å². The number of rotatable bonds is 9. The fourth-order valence-corrected chi connectivity index (χ4v) is 3.25. The van der Waals surface area contributed by atoms with E-state index in [9.17, 15) is 4.79 Å². The third-order valence-electron chi connectivity index (χ3n) is 3.70. The van der Waals surface area contributed by atoms with Gasteiger partial charge in [0.25, 0.3) is 0 Å². The molecule has 0 aliphatic heterocycles. The van der Waals surface area contributed by atoms with Crippen molar-refractivity contribution in [2.75, 3.05) is 19.0 Å². The first-order chi connectivity index (χ1) is 13.2. The Kier molecular flexibility index (Phi) is 6.54. The number of hydrogen-bond acceptors (Lipinski definition) is 7.